The average molecular weight is 790 g/mol. The van der Waals surface area contributed by atoms with E-state index in [-0.39, 0.29) is 23.7 Å². The molecule has 1 aromatic heterocycles. The maximum absolute atomic E-state index is 10.8. The molecule has 5 aromatic carbocycles. The molecule has 3 atom stereocenters. The van der Waals surface area contributed by atoms with E-state index in [1.165, 1.54) is 16.7 Å². The number of thiol groups is 1. The standard InChI is InChI=1S/C45H37N3O5.C3H6.CH4S/c1-47-25-33(28-16-14-27(15-17-28)31-12-7-11-30(22-31)26-8-3-2-4-9-26)24-46-45(47)48-37-21-19-32(38-40(49)42(51)44(53)43(52)41(38)50)23-36(37)35-20-18-29-10-5-6-13-34(29)39(35)48;1-3-2;1-2/h2-23,25,29,34,45-46,49-53H,24H2,1H3;3H,1H2,2H3;2H,1H3. The summed E-state index contributed by atoms with van der Waals surface area (Å²) in [6.45, 7) is 5.89. The van der Waals surface area contributed by atoms with Crippen molar-refractivity contribution >= 4 is 35.2 Å². The van der Waals surface area contributed by atoms with Crippen molar-refractivity contribution in [3.8, 4) is 62.1 Å². The summed E-state index contributed by atoms with van der Waals surface area (Å²) in [5, 5.41) is 56.7. The Labute approximate surface area is 344 Å². The molecule has 6 N–H and O–H groups in total. The highest BCUT2D eigenvalue weighted by Crippen LogP contribution is 2.55. The number of hydrogen-bond donors (Lipinski definition) is 7. The van der Waals surface area contributed by atoms with Crippen molar-refractivity contribution in [1.82, 2.24) is 14.8 Å². The monoisotopic (exact) mass is 789 g/mol. The van der Waals surface area contributed by atoms with E-state index < -0.39 is 28.7 Å². The summed E-state index contributed by atoms with van der Waals surface area (Å²) < 4.78 is 2.32. The molecule has 3 unspecified atom stereocenters. The smallest absolute Gasteiger partial charge is 0.208 e. The van der Waals surface area contributed by atoms with Gasteiger partial charge in [-0.05, 0) is 70.3 Å². The SMILES string of the molecule is C=CC.CN1C=C(c2ccc(-c3cccc(-c4ccccc4)c3)cc2)CNC1n1c2c(c3cc(-c4c(O)c(O)c(O)c(O)c4O)ccc31)C=CC1C=CC=CC21.CS. The van der Waals surface area contributed by atoms with Crippen molar-refractivity contribution in [2.45, 2.75) is 19.1 Å². The molecule has 0 saturated heterocycles. The molecule has 9 rings (SSSR count). The van der Waals surface area contributed by atoms with Crippen LogP contribution in [0, 0.1) is 5.92 Å². The average Bonchev–Trinajstić information content (AvgIpc) is 3.60. The third-order valence-electron chi connectivity index (χ3n) is 10.7. The number of aromatic hydroxyl groups is 5. The van der Waals surface area contributed by atoms with Gasteiger partial charge in [-0.15, -0.1) is 6.58 Å². The van der Waals surface area contributed by atoms with Crippen LogP contribution in [0.25, 0.3) is 55.9 Å². The van der Waals surface area contributed by atoms with Gasteiger partial charge in [0.25, 0.3) is 0 Å². The first-order valence-corrected chi connectivity index (χ1v) is 19.9. The summed E-state index contributed by atoms with van der Waals surface area (Å²) in [5.41, 5.74) is 10.3. The fourth-order valence-electron chi connectivity index (χ4n) is 8.08. The van der Waals surface area contributed by atoms with E-state index in [2.05, 4.69) is 156 Å². The molecule has 0 fully saturated rings. The van der Waals surface area contributed by atoms with Gasteiger partial charge in [-0.2, -0.15) is 12.6 Å². The summed E-state index contributed by atoms with van der Waals surface area (Å²) >= 11 is 3.53. The molecule has 58 heavy (non-hydrogen) atoms. The minimum absolute atomic E-state index is 0.0768. The molecule has 294 valence electrons. The fraction of sp³-hybridized carbons (Fsp3) is 0.143. The zero-order valence-electron chi connectivity index (χ0n) is 32.6. The van der Waals surface area contributed by atoms with Crippen molar-refractivity contribution in [1.29, 1.82) is 0 Å². The molecule has 2 aliphatic carbocycles. The first-order chi connectivity index (χ1) is 28.2. The van der Waals surface area contributed by atoms with Gasteiger partial charge in [0.1, 0.15) is 0 Å². The second-order valence-corrected chi connectivity index (χ2v) is 14.3. The minimum Gasteiger partial charge on any atom is -0.504 e. The Kier molecular flexibility index (Phi) is 11.6. The van der Waals surface area contributed by atoms with E-state index in [0.717, 1.165) is 38.9 Å². The number of hydrogen-bond acceptors (Lipinski definition) is 8. The lowest BCUT2D eigenvalue weighted by molar-refractivity contribution is 0.194. The van der Waals surface area contributed by atoms with Crippen LogP contribution in [-0.2, 0) is 0 Å². The van der Waals surface area contributed by atoms with Gasteiger partial charge in [-0.3, -0.25) is 5.32 Å². The van der Waals surface area contributed by atoms with Crippen molar-refractivity contribution in [2.24, 2.45) is 5.92 Å². The minimum atomic E-state index is -0.983. The topological polar surface area (TPSA) is 121 Å². The molecular weight excluding hydrogens is 743 g/mol. The number of nitrogens with zero attached hydrogens (tertiary/aromatic N) is 2. The number of phenolic OH excluding ortho intramolecular Hbond substituents is 5. The van der Waals surface area contributed by atoms with Gasteiger partial charge in [0.15, 0.2) is 17.8 Å². The van der Waals surface area contributed by atoms with Crippen LogP contribution in [0.1, 0.15) is 36.0 Å². The summed E-state index contributed by atoms with van der Waals surface area (Å²) in [5.74, 6) is -3.97. The molecule has 0 saturated carbocycles. The molecule has 3 aliphatic rings. The second kappa shape index (κ2) is 16.9. The molecule has 0 radical (unpaired) electrons. The molecule has 8 nitrogen and oxygen atoms in total. The largest absolute Gasteiger partial charge is 0.504 e. The molecule has 1 aliphatic heterocycles. The summed E-state index contributed by atoms with van der Waals surface area (Å²) in [7, 11) is 2.07. The van der Waals surface area contributed by atoms with E-state index in [0.29, 0.717) is 12.1 Å². The van der Waals surface area contributed by atoms with E-state index >= 15 is 0 Å². The summed E-state index contributed by atoms with van der Waals surface area (Å²) in [4.78, 5) is 2.19. The van der Waals surface area contributed by atoms with Crippen molar-refractivity contribution in [3.63, 3.8) is 0 Å². The van der Waals surface area contributed by atoms with E-state index in [1.54, 1.807) is 18.4 Å². The Morgan fingerprint density at radius 2 is 1.24 bits per heavy atom. The lowest BCUT2D eigenvalue weighted by atomic mass is 9.80. The molecule has 2 heterocycles. The first-order valence-electron chi connectivity index (χ1n) is 19.0. The number of rotatable bonds is 5. The highest BCUT2D eigenvalue weighted by molar-refractivity contribution is 7.79. The maximum atomic E-state index is 10.8. The van der Waals surface area contributed by atoms with Gasteiger partial charge < -0.3 is 35.0 Å². The third-order valence-corrected chi connectivity index (χ3v) is 10.7. The summed E-state index contributed by atoms with van der Waals surface area (Å²) in [6.07, 6.45) is 18.3. The molecule has 0 bridgehead atoms. The normalized spacial score (nSPS) is 17.6. The van der Waals surface area contributed by atoms with Gasteiger partial charge in [-0.1, -0.05) is 121 Å². The predicted molar refractivity (Wildman–Crippen MR) is 240 cm³/mol. The Morgan fingerprint density at radius 1 is 0.672 bits per heavy atom. The highest BCUT2D eigenvalue weighted by Gasteiger charge is 2.34. The summed E-state index contributed by atoms with van der Waals surface area (Å²) in [6, 6.07) is 33.2. The van der Waals surface area contributed by atoms with Crippen LogP contribution in [-0.4, -0.2) is 54.8 Å². The third kappa shape index (κ3) is 7.15. The van der Waals surface area contributed by atoms with Crippen LogP contribution < -0.4 is 5.32 Å². The molecular formula is C49H47N3O5S. The Hall–Kier alpha value is -6.55. The predicted octanol–water partition coefficient (Wildman–Crippen LogP) is 10.8. The Bertz CT molecular complexity index is 2580. The van der Waals surface area contributed by atoms with Crippen molar-refractivity contribution in [2.75, 3.05) is 19.8 Å². The van der Waals surface area contributed by atoms with Crippen LogP contribution >= 0.6 is 12.6 Å². The zero-order chi connectivity index (χ0) is 41.1. The lowest BCUT2D eigenvalue weighted by Gasteiger charge is -2.38. The van der Waals surface area contributed by atoms with Gasteiger partial charge in [-0.25, -0.2) is 0 Å². The molecule has 6 aromatic rings. The van der Waals surface area contributed by atoms with Crippen molar-refractivity contribution in [3.05, 3.63) is 163 Å². The zero-order valence-corrected chi connectivity index (χ0v) is 33.5. The number of phenols is 5. The van der Waals surface area contributed by atoms with Gasteiger partial charge in [0.2, 0.25) is 17.2 Å². The molecule has 9 heteroatoms. The number of aromatic nitrogens is 1. The van der Waals surface area contributed by atoms with Crippen LogP contribution in [0.5, 0.6) is 28.7 Å². The first kappa shape index (κ1) is 39.7. The Balaban J connectivity index is 0.000000980. The Morgan fingerprint density at radius 3 is 1.90 bits per heavy atom. The highest BCUT2D eigenvalue weighted by atomic mass is 32.1. The number of benzene rings is 5. The van der Waals surface area contributed by atoms with Crippen LogP contribution in [0.2, 0.25) is 0 Å². The second-order valence-electron chi connectivity index (χ2n) is 14.3. The van der Waals surface area contributed by atoms with Crippen LogP contribution in [0.3, 0.4) is 0 Å². The number of fused-ring (bicyclic) bond motifs is 5. The number of nitrogens with one attached hydrogen (secondary N) is 1. The van der Waals surface area contributed by atoms with Crippen LogP contribution in [0.4, 0.5) is 0 Å². The molecule has 0 spiro atoms. The lowest BCUT2D eigenvalue weighted by Crippen LogP contribution is -2.42. The van der Waals surface area contributed by atoms with E-state index in [1.807, 2.05) is 25.1 Å². The van der Waals surface area contributed by atoms with Gasteiger partial charge in [0.05, 0.1) is 11.1 Å². The van der Waals surface area contributed by atoms with Crippen LogP contribution in [0.15, 0.2) is 146 Å². The van der Waals surface area contributed by atoms with Crippen molar-refractivity contribution < 1.29 is 25.5 Å². The number of allylic oxidation sites excluding steroid dienone is 6. The maximum Gasteiger partial charge on any atom is 0.208 e. The fourth-order valence-corrected chi connectivity index (χ4v) is 8.08. The van der Waals surface area contributed by atoms with E-state index in [4.69, 9.17) is 0 Å². The van der Waals surface area contributed by atoms with Gasteiger partial charge in [0, 0.05) is 48.3 Å². The quantitative estimate of drug-likeness (QED) is 0.0402. The van der Waals surface area contributed by atoms with Gasteiger partial charge >= 0.3 is 0 Å². The molecule has 0 amide bonds. The van der Waals surface area contributed by atoms with E-state index in [9.17, 15) is 25.5 Å².